The zero-order valence-electron chi connectivity index (χ0n) is 15.8. The molecule has 0 bridgehead atoms. The van der Waals surface area contributed by atoms with E-state index >= 15 is 0 Å². The Labute approximate surface area is 187 Å². The number of fused-ring (bicyclic) bond motifs is 1. The second kappa shape index (κ2) is 8.31. The molecule has 0 aliphatic heterocycles. The van der Waals surface area contributed by atoms with Gasteiger partial charge in [-0.1, -0.05) is 11.6 Å². The Kier molecular flexibility index (Phi) is 5.90. The molecule has 1 saturated carbocycles. The van der Waals surface area contributed by atoms with Crippen molar-refractivity contribution >= 4 is 60.5 Å². The van der Waals surface area contributed by atoms with Crippen LogP contribution in [0.4, 0.5) is 17.3 Å². The van der Waals surface area contributed by atoms with Gasteiger partial charge in [0, 0.05) is 23.8 Å². The number of rotatable bonds is 5. The fraction of sp³-hybridized carbons (Fsp3) is 0.333. The molecule has 0 unspecified atom stereocenters. The lowest BCUT2D eigenvalue weighted by Crippen LogP contribution is -2.33. The molecule has 0 radical (unpaired) electrons. The van der Waals surface area contributed by atoms with Crippen LogP contribution < -0.4 is 21.5 Å². The summed E-state index contributed by atoms with van der Waals surface area (Å²) in [6.45, 7) is 0. The van der Waals surface area contributed by atoms with E-state index in [1.807, 2.05) is 6.07 Å². The van der Waals surface area contributed by atoms with E-state index in [4.69, 9.17) is 22.5 Å². The summed E-state index contributed by atoms with van der Waals surface area (Å²) < 4.78 is 25.6. The summed E-state index contributed by atoms with van der Waals surface area (Å²) in [5.41, 5.74) is 7.23. The number of halogens is 2. The molecule has 0 saturated heterocycles. The van der Waals surface area contributed by atoms with Gasteiger partial charge in [-0.15, -0.1) is 0 Å². The largest absolute Gasteiger partial charge is 0.367 e. The highest BCUT2D eigenvalue weighted by molar-refractivity contribution is 9.10. The molecule has 0 amide bonds. The quantitative estimate of drug-likeness (QED) is 0.410. The van der Waals surface area contributed by atoms with Crippen LogP contribution in [0, 0.1) is 0 Å². The lowest BCUT2D eigenvalue weighted by atomic mass is 9.92. The summed E-state index contributed by atoms with van der Waals surface area (Å²) in [6.07, 6.45) is 5.60. The molecule has 1 fully saturated rings. The summed E-state index contributed by atoms with van der Waals surface area (Å²) in [5, 5.41) is 16.3. The van der Waals surface area contributed by atoms with Gasteiger partial charge >= 0.3 is 0 Å². The molecule has 1 aliphatic carbocycles. The number of nitrogens with zero attached hydrogens (tertiary/aromatic N) is 3. The third kappa shape index (κ3) is 4.54. The third-order valence-corrected chi connectivity index (χ3v) is 7.02. The molecule has 30 heavy (non-hydrogen) atoms. The molecule has 2 aromatic heterocycles. The van der Waals surface area contributed by atoms with Crippen molar-refractivity contribution in [3.8, 4) is 0 Å². The maximum absolute atomic E-state index is 11.6. The summed E-state index contributed by atoms with van der Waals surface area (Å²) in [4.78, 5) is 4.53. The van der Waals surface area contributed by atoms with Crippen molar-refractivity contribution < 1.29 is 8.42 Å². The van der Waals surface area contributed by atoms with Crippen LogP contribution >= 0.6 is 27.5 Å². The third-order valence-electron chi connectivity index (χ3n) is 5.06. The predicted octanol–water partition coefficient (Wildman–Crippen LogP) is 3.22. The van der Waals surface area contributed by atoms with Gasteiger partial charge in [-0.2, -0.15) is 9.61 Å². The van der Waals surface area contributed by atoms with Gasteiger partial charge in [0.15, 0.2) is 5.65 Å². The highest BCUT2D eigenvalue weighted by Crippen LogP contribution is 2.29. The van der Waals surface area contributed by atoms with Gasteiger partial charge in [-0.05, 0) is 59.8 Å². The van der Waals surface area contributed by atoms with E-state index in [9.17, 15) is 8.42 Å². The summed E-state index contributed by atoms with van der Waals surface area (Å²) in [6, 6.07) is 6.88. The van der Waals surface area contributed by atoms with Gasteiger partial charge < -0.3 is 16.4 Å². The molecule has 9 nitrogen and oxygen atoms in total. The predicted molar refractivity (Wildman–Crippen MR) is 121 cm³/mol. The molecule has 6 N–H and O–H groups in total. The molecule has 160 valence electrons. The number of nitrogens with one attached hydrogen (secondary N) is 2. The highest BCUT2D eigenvalue weighted by atomic mass is 79.9. The Morgan fingerprint density at radius 2 is 1.93 bits per heavy atom. The van der Waals surface area contributed by atoms with Crippen LogP contribution in [0.15, 0.2) is 39.8 Å². The molecular weight excluding hydrogens is 494 g/mol. The minimum absolute atomic E-state index is 0.0336. The van der Waals surface area contributed by atoms with E-state index < -0.39 is 10.0 Å². The van der Waals surface area contributed by atoms with Gasteiger partial charge in [0.2, 0.25) is 10.0 Å². The minimum atomic E-state index is -3.89. The van der Waals surface area contributed by atoms with Gasteiger partial charge in [0.1, 0.15) is 16.5 Å². The van der Waals surface area contributed by atoms with Crippen LogP contribution in [0.3, 0.4) is 0 Å². The molecule has 0 spiro atoms. The molecule has 12 heteroatoms. The minimum Gasteiger partial charge on any atom is -0.367 e. The first-order chi connectivity index (χ1) is 14.2. The number of anilines is 3. The SMILES string of the molecule is NC1CCC(Nc2cc(Nc3ccc(S(N)(=O)=O)c(Cl)c3)n3ncc(Br)c3n2)CC1. The Bertz CT molecular complexity index is 1190. The number of hydrogen-bond donors (Lipinski definition) is 4. The fourth-order valence-corrected chi connectivity index (χ4v) is 4.97. The molecular formula is C18H21BrClN7O2S. The van der Waals surface area contributed by atoms with Crippen molar-refractivity contribution in [2.24, 2.45) is 10.9 Å². The van der Waals surface area contributed by atoms with Gasteiger partial charge in [-0.25, -0.2) is 18.5 Å². The topological polar surface area (TPSA) is 140 Å². The van der Waals surface area contributed by atoms with Crippen LogP contribution in [0.5, 0.6) is 0 Å². The fourth-order valence-electron chi connectivity index (χ4n) is 3.53. The summed E-state index contributed by atoms with van der Waals surface area (Å²) in [7, 11) is -3.89. The lowest BCUT2D eigenvalue weighted by Gasteiger charge is -2.27. The van der Waals surface area contributed by atoms with Gasteiger partial charge in [0.05, 0.1) is 15.7 Å². The Morgan fingerprint density at radius 3 is 2.60 bits per heavy atom. The van der Waals surface area contributed by atoms with E-state index in [2.05, 4.69) is 36.6 Å². The van der Waals surface area contributed by atoms with Crippen LogP contribution in [0.2, 0.25) is 5.02 Å². The van der Waals surface area contributed by atoms with Crippen molar-refractivity contribution in [3.63, 3.8) is 0 Å². The standard InChI is InChI=1S/C18H21BrClN7O2S/c19-13-9-23-27-17(25-12-5-6-15(14(20)7-12)30(22,28)29)8-16(26-18(13)27)24-11-3-1-10(21)2-4-11/h5-11,25H,1-4,21H2,(H,24,26)(H2,22,28,29). The molecule has 3 aromatic rings. The van der Waals surface area contributed by atoms with Crippen molar-refractivity contribution in [1.29, 1.82) is 0 Å². The Hall–Kier alpha value is -1.92. The van der Waals surface area contributed by atoms with E-state index in [1.165, 1.54) is 12.1 Å². The number of nitrogens with two attached hydrogens (primary N) is 2. The average Bonchev–Trinajstić information content (AvgIpc) is 3.04. The first kappa shape index (κ1) is 21.3. The maximum atomic E-state index is 11.6. The van der Waals surface area contributed by atoms with Crippen LogP contribution in [-0.2, 0) is 10.0 Å². The molecule has 1 aromatic carbocycles. The number of hydrogen-bond acceptors (Lipinski definition) is 7. The first-order valence-electron chi connectivity index (χ1n) is 9.36. The van der Waals surface area contributed by atoms with Crippen LogP contribution in [0.1, 0.15) is 25.7 Å². The second-order valence-corrected chi connectivity index (χ2v) is 10.1. The average molecular weight is 515 g/mol. The van der Waals surface area contributed by atoms with Crippen molar-refractivity contribution in [2.75, 3.05) is 10.6 Å². The van der Waals surface area contributed by atoms with E-state index in [0.717, 1.165) is 30.2 Å². The van der Waals surface area contributed by atoms with Gasteiger partial charge in [-0.3, -0.25) is 0 Å². The maximum Gasteiger partial charge on any atom is 0.239 e. The molecule has 0 atom stereocenters. The van der Waals surface area contributed by atoms with Crippen molar-refractivity contribution in [2.45, 2.75) is 42.7 Å². The number of primary sulfonamides is 1. The van der Waals surface area contributed by atoms with Gasteiger partial charge in [0.25, 0.3) is 0 Å². The number of benzene rings is 1. The van der Waals surface area contributed by atoms with E-state index in [0.29, 0.717) is 29.0 Å². The zero-order chi connectivity index (χ0) is 21.5. The van der Waals surface area contributed by atoms with E-state index in [1.54, 1.807) is 16.8 Å². The smallest absolute Gasteiger partial charge is 0.239 e. The lowest BCUT2D eigenvalue weighted by molar-refractivity contribution is 0.410. The van der Waals surface area contributed by atoms with Crippen LogP contribution in [-0.4, -0.2) is 35.1 Å². The highest BCUT2D eigenvalue weighted by Gasteiger charge is 2.20. The Balaban J connectivity index is 1.65. The number of aromatic nitrogens is 3. The van der Waals surface area contributed by atoms with E-state index in [-0.39, 0.29) is 16.0 Å². The summed E-state index contributed by atoms with van der Waals surface area (Å²) >= 11 is 9.59. The Morgan fingerprint density at radius 1 is 1.20 bits per heavy atom. The normalized spacial score (nSPS) is 19.7. The molecule has 1 aliphatic rings. The monoisotopic (exact) mass is 513 g/mol. The zero-order valence-corrected chi connectivity index (χ0v) is 19.0. The van der Waals surface area contributed by atoms with Crippen molar-refractivity contribution in [1.82, 2.24) is 14.6 Å². The second-order valence-electron chi connectivity index (χ2n) is 7.33. The molecule has 2 heterocycles. The number of sulfonamides is 1. The van der Waals surface area contributed by atoms with Crippen molar-refractivity contribution in [3.05, 3.63) is 40.0 Å². The summed E-state index contributed by atoms with van der Waals surface area (Å²) in [5.74, 6) is 1.35. The first-order valence-corrected chi connectivity index (χ1v) is 12.1. The van der Waals surface area contributed by atoms with Crippen LogP contribution in [0.25, 0.3) is 5.65 Å². The molecule has 4 rings (SSSR count).